The molecule has 0 saturated heterocycles. The molecule has 0 saturated carbocycles. The highest BCUT2D eigenvalue weighted by Crippen LogP contribution is 2.31. The fourth-order valence-corrected chi connectivity index (χ4v) is 3.23. The second kappa shape index (κ2) is 9.94. The second-order valence-corrected chi connectivity index (χ2v) is 7.14. The summed E-state index contributed by atoms with van der Waals surface area (Å²) in [5, 5.41) is 0. The molecule has 150 valence electrons. The molecule has 0 fully saturated rings. The summed E-state index contributed by atoms with van der Waals surface area (Å²) in [6.07, 6.45) is 0. The van der Waals surface area contributed by atoms with E-state index in [1.54, 1.807) is 7.11 Å². The fourth-order valence-electron chi connectivity index (χ4n) is 3.23. The van der Waals surface area contributed by atoms with Gasteiger partial charge in [0.25, 0.3) is 0 Å². The average Bonchev–Trinajstić information content (AvgIpc) is 2.74. The third kappa shape index (κ3) is 5.49. The van der Waals surface area contributed by atoms with Gasteiger partial charge in [-0.2, -0.15) is 0 Å². The van der Waals surface area contributed by atoms with Crippen molar-refractivity contribution in [3.8, 4) is 11.5 Å². The van der Waals surface area contributed by atoms with Crippen LogP contribution in [0.1, 0.15) is 27.8 Å². The maximum absolute atomic E-state index is 6.20. The zero-order valence-corrected chi connectivity index (χ0v) is 17.4. The third-order valence-electron chi connectivity index (χ3n) is 4.79. The summed E-state index contributed by atoms with van der Waals surface area (Å²) in [5.41, 5.74) is 6.34. The van der Waals surface area contributed by atoms with Crippen molar-refractivity contribution in [3.05, 3.63) is 101 Å². The molecule has 0 atom stereocenters. The van der Waals surface area contributed by atoms with Crippen LogP contribution in [0.15, 0.2) is 73.3 Å². The van der Waals surface area contributed by atoms with Crippen molar-refractivity contribution in [2.24, 2.45) is 0 Å². The summed E-state index contributed by atoms with van der Waals surface area (Å²) in [6, 6.07) is 22.4. The van der Waals surface area contributed by atoms with Gasteiger partial charge in [0.05, 0.1) is 6.61 Å². The van der Waals surface area contributed by atoms with Crippen molar-refractivity contribution in [2.75, 3.05) is 13.7 Å². The summed E-state index contributed by atoms with van der Waals surface area (Å²) >= 11 is 0. The predicted octanol–water partition coefficient (Wildman–Crippen LogP) is 6.12. The SMILES string of the molecule is C=C(COC)c1ccccc1COc1cc(C)cc(OCc2ccccc2)c1C. The van der Waals surface area contributed by atoms with Crippen molar-refractivity contribution in [1.29, 1.82) is 0 Å². The van der Waals surface area contributed by atoms with E-state index in [-0.39, 0.29) is 0 Å². The highest BCUT2D eigenvalue weighted by Gasteiger charge is 2.11. The Bertz CT molecular complexity index is 961. The van der Waals surface area contributed by atoms with E-state index in [2.05, 4.69) is 49.9 Å². The molecule has 0 radical (unpaired) electrons. The van der Waals surface area contributed by atoms with E-state index < -0.39 is 0 Å². The van der Waals surface area contributed by atoms with Gasteiger partial charge in [-0.25, -0.2) is 0 Å². The van der Waals surface area contributed by atoms with E-state index in [9.17, 15) is 0 Å². The van der Waals surface area contributed by atoms with Crippen LogP contribution >= 0.6 is 0 Å². The largest absolute Gasteiger partial charge is 0.488 e. The Kier molecular flexibility index (Phi) is 7.09. The molecule has 3 rings (SSSR count). The van der Waals surface area contributed by atoms with E-state index in [1.807, 2.05) is 37.3 Å². The topological polar surface area (TPSA) is 27.7 Å². The van der Waals surface area contributed by atoms with Gasteiger partial charge in [0.15, 0.2) is 0 Å². The molecule has 0 aliphatic rings. The lowest BCUT2D eigenvalue weighted by molar-refractivity contribution is 0.239. The van der Waals surface area contributed by atoms with Crippen LogP contribution in [-0.2, 0) is 18.0 Å². The van der Waals surface area contributed by atoms with Gasteiger partial charge in [-0.3, -0.25) is 0 Å². The van der Waals surface area contributed by atoms with Crippen LogP contribution in [-0.4, -0.2) is 13.7 Å². The first-order valence-corrected chi connectivity index (χ1v) is 9.74. The molecular formula is C26H28O3. The molecular weight excluding hydrogens is 360 g/mol. The molecule has 0 unspecified atom stereocenters. The first-order valence-electron chi connectivity index (χ1n) is 9.74. The maximum atomic E-state index is 6.20. The van der Waals surface area contributed by atoms with Crippen LogP contribution in [0, 0.1) is 13.8 Å². The molecule has 0 aliphatic heterocycles. The number of methoxy groups -OCH3 is 1. The molecule has 0 heterocycles. The molecule has 3 nitrogen and oxygen atoms in total. The Hall–Kier alpha value is -3.04. The molecule has 3 heteroatoms. The Morgan fingerprint density at radius 2 is 1.45 bits per heavy atom. The summed E-state index contributed by atoms with van der Waals surface area (Å²) < 4.78 is 17.5. The minimum Gasteiger partial charge on any atom is -0.488 e. The Labute approximate surface area is 173 Å². The normalized spacial score (nSPS) is 10.6. The average molecular weight is 389 g/mol. The Morgan fingerprint density at radius 3 is 2.14 bits per heavy atom. The first-order chi connectivity index (χ1) is 14.1. The van der Waals surface area contributed by atoms with E-state index in [1.165, 1.54) is 0 Å². The van der Waals surface area contributed by atoms with Gasteiger partial charge in [0, 0.05) is 12.7 Å². The molecule has 0 aliphatic carbocycles. The van der Waals surface area contributed by atoms with Gasteiger partial charge in [0.1, 0.15) is 24.7 Å². The maximum Gasteiger partial charge on any atom is 0.126 e. The van der Waals surface area contributed by atoms with Gasteiger partial charge in [-0.1, -0.05) is 61.2 Å². The van der Waals surface area contributed by atoms with E-state index in [0.29, 0.717) is 19.8 Å². The standard InChI is InChI=1S/C26H28O3/c1-19-14-25(28-17-22-10-6-5-7-11-22)21(3)26(15-19)29-18-23-12-8-9-13-24(23)20(2)16-27-4/h5-15H,2,16-18H2,1,3-4H3. The fraction of sp³-hybridized carbons (Fsp3) is 0.231. The minimum atomic E-state index is 0.460. The lowest BCUT2D eigenvalue weighted by atomic mass is 10.0. The Balaban J connectivity index is 1.75. The van der Waals surface area contributed by atoms with Crippen LogP contribution in [0.5, 0.6) is 11.5 Å². The third-order valence-corrected chi connectivity index (χ3v) is 4.79. The molecule has 3 aromatic carbocycles. The van der Waals surface area contributed by atoms with Gasteiger partial charge < -0.3 is 14.2 Å². The molecule has 3 aromatic rings. The van der Waals surface area contributed by atoms with Gasteiger partial charge >= 0.3 is 0 Å². The zero-order chi connectivity index (χ0) is 20.6. The van der Waals surface area contributed by atoms with Gasteiger partial charge in [0.2, 0.25) is 0 Å². The first kappa shape index (κ1) is 20.7. The summed E-state index contributed by atoms with van der Waals surface area (Å²) in [7, 11) is 1.68. The number of benzene rings is 3. The van der Waals surface area contributed by atoms with Crippen molar-refractivity contribution >= 4 is 5.57 Å². The summed E-state index contributed by atoms with van der Waals surface area (Å²) in [6.45, 7) is 9.70. The second-order valence-electron chi connectivity index (χ2n) is 7.14. The van der Waals surface area contributed by atoms with Crippen LogP contribution in [0.2, 0.25) is 0 Å². The minimum absolute atomic E-state index is 0.460. The van der Waals surface area contributed by atoms with Crippen LogP contribution in [0.25, 0.3) is 5.57 Å². The smallest absolute Gasteiger partial charge is 0.126 e. The van der Waals surface area contributed by atoms with Crippen LogP contribution in [0.4, 0.5) is 0 Å². The van der Waals surface area contributed by atoms with Crippen LogP contribution in [0.3, 0.4) is 0 Å². The monoisotopic (exact) mass is 388 g/mol. The number of hydrogen-bond acceptors (Lipinski definition) is 3. The van der Waals surface area contributed by atoms with Crippen LogP contribution < -0.4 is 9.47 Å². The molecule has 0 N–H and O–H groups in total. The molecule has 0 aromatic heterocycles. The summed E-state index contributed by atoms with van der Waals surface area (Å²) in [5.74, 6) is 1.68. The van der Waals surface area contributed by atoms with Gasteiger partial charge in [-0.15, -0.1) is 0 Å². The zero-order valence-electron chi connectivity index (χ0n) is 17.4. The van der Waals surface area contributed by atoms with E-state index in [4.69, 9.17) is 14.2 Å². The summed E-state index contributed by atoms with van der Waals surface area (Å²) in [4.78, 5) is 0. The predicted molar refractivity (Wildman–Crippen MR) is 118 cm³/mol. The number of aryl methyl sites for hydroxylation is 1. The van der Waals surface area contributed by atoms with E-state index >= 15 is 0 Å². The van der Waals surface area contributed by atoms with Crippen molar-refractivity contribution < 1.29 is 14.2 Å². The lowest BCUT2D eigenvalue weighted by Crippen LogP contribution is -2.04. The number of rotatable bonds is 9. The highest BCUT2D eigenvalue weighted by molar-refractivity contribution is 5.67. The molecule has 0 amide bonds. The Morgan fingerprint density at radius 1 is 0.828 bits per heavy atom. The molecule has 0 bridgehead atoms. The number of ether oxygens (including phenoxy) is 3. The lowest BCUT2D eigenvalue weighted by Gasteiger charge is -2.17. The van der Waals surface area contributed by atoms with Crippen molar-refractivity contribution in [3.63, 3.8) is 0 Å². The van der Waals surface area contributed by atoms with E-state index in [0.717, 1.165) is 44.9 Å². The van der Waals surface area contributed by atoms with Gasteiger partial charge in [-0.05, 0) is 53.8 Å². The number of hydrogen-bond donors (Lipinski definition) is 0. The van der Waals surface area contributed by atoms with Crippen molar-refractivity contribution in [2.45, 2.75) is 27.1 Å². The quantitative estimate of drug-likeness (QED) is 0.442. The van der Waals surface area contributed by atoms with Crippen molar-refractivity contribution in [1.82, 2.24) is 0 Å². The molecule has 29 heavy (non-hydrogen) atoms. The highest BCUT2D eigenvalue weighted by atomic mass is 16.5. The molecule has 0 spiro atoms.